The molecule has 1 aliphatic heterocycles. The monoisotopic (exact) mass is 452 g/mol. The number of methoxy groups -OCH3 is 1. The first-order chi connectivity index (χ1) is 16.1. The number of carboxylic acid groups (broad SMARTS) is 1. The van der Waals surface area contributed by atoms with Crippen molar-refractivity contribution in [3.05, 3.63) is 59.8 Å². The number of fused-ring (bicyclic) bond motifs is 1. The molecule has 0 saturated carbocycles. The SMILES string of the molecule is COc1cccc2c(C(=O)N[C@@H](Cc3ccccc3)C(=O)O)nn(CCN3CCOCC3)c12. The Bertz CT molecular complexity index is 1110. The number of aliphatic carboxylic acids is 1. The van der Waals surface area contributed by atoms with Crippen LogP contribution in [0.2, 0.25) is 0 Å². The van der Waals surface area contributed by atoms with Crippen LogP contribution in [0.1, 0.15) is 16.1 Å². The molecule has 9 heteroatoms. The van der Waals surface area contributed by atoms with E-state index in [1.54, 1.807) is 23.9 Å². The van der Waals surface area contributed by atoms with Gasteiger partial charge >= 0.3 is 5.97 Å². The third-order valence-electron chi connectivity index (χ3n) is 5.79. The number of amides is 1. The minimum absolute atomic E-state index is 0.181. The van der Waals surface area contributed by atoms with Gasteiger partial charge in [0.05, 0.1) is 26.9 Å². The van der Waals surface area contributed by atoms with Crippen LogP contribution in [-0.2, 0) is 22.5 Å². The smallest absolute Gasteiger partial charge is 0.326 e. The van der Waals surface area contributed by atoms with E-state index >= 15 is 0 Å². The van der Waals surface area contributed by atoms with Crippen LogP contribution >= 0.6 is 0 Å². The zero-order valence-electron chi connectivity index (χ0n) is 18.6. The average Bonchev–Trinajstić information content (AvgIpc) is 3.22. The number of carbonyl (C=O) groups excluding carboxylic acids is 1. The molecule has 1 atom stereocenters. The standard InChI is InChI=1S/C24H28N4O5/c1-32-20-9-5-8-18-21(26-28(22(18)20)11-10-27-12-14-33-15-13-27)23(29)25-19(24(30)31)16-17-6-3-2-4-7-17/h2-9,19H,10-16H2,1H3,(H,25,29)(H,30,31)/t19-/m0/s1. The fourth-order valence-corrected chi connectivity index (χ4v) is 4.04. The summed E-state index contributed by atoms with van der Waals surface area (Å²) in [6.07, 6.45) is 0.181. The van der Waals surface area contributed by atoms with E-state index in [0.29, 0.717) is 36.4 Å². The van der Waals surface area contributed by atoms with E-state index in [1.807, 2.05) is 36.4 Å². The normalized spacial score (nSPS) is 15.3. The number of hydrogen-bond acceptors (Lipinski definition) is 6. The first kappa shape index (κ1) is 22.8. The van der Waals surface area contributed by atoms with E-state index in [1.165, 1.54) is 0 Å². The molecule has 0 radical (unpaired) electrons. The van der Waals surface area contributed by atoms with Crippen molar-refractivity contribution >= 4 is 22.8 Å². The van der Waals surface area contributed by atoms with Gasteiger partial charge in [0.2, 0.25) is 0 Å². The fourth-order valence-electron chi connectivity index (χ4n) is 4.04. The second-order valence-corrected chi connectivity index (χ2v) is 7.94. The lowest BCUT2D eigenvalue weighted by Crippen LogP contribution is -2.42. The number of carbonyl (C=O) groups is 2. The lowest BCUT2D eigenvalue weighted by Gasteiger charge is -2.26. The van der Waals surface area contributed by atoms with Gasteiger partial charge in [0.1, 0.15) is 17.3 Å². The van der Waals surface area contributed by atoms with Gasteiger partial charge in [-0.1, -0.05) is 42.5 Å². The van der Waals surface area contributed by atoms with E-state index in [0.717, 1.165) is 25.2 Å². The molecule has 1 saturated heterocycles. The van der Waals surface area contributed by atoms with Crippen molar-refractivity contribution in [2.24, 2.45) is 0 Å². The molecule has 1 fully saturated rings. The molecule has 1 amide bonds. The minimum Gasteiger partial charge on any atom is -0.494 e. The van der Waals surface area contributed by atoms with Crippen molar-refractivity contribution in [2.75, 3.05) is 40.0 Å². The summed E-state index contributed by atoms with van der Waals surface area (Å²) < 4.78 is 12.7. The molecule has 1 aromatic heterocycles. The van der Waals surface area contributed by atoms with Gasteiger partial charge in [-0.3, -0.25) is 14.4 Å². The second kappa shape index (κ2) is 10.5. The summed E-state index contributed by atoms with van der Waals surface area (Å²) in [6, 6.07) is 13.6. The predicted molar refractivity (Wildman–Crippen MR) is 123 cm³/mol. The molecule has 174 valence electrons. The third-order valence-corrected chi connectivity index (χ3v) is 5.79. The Balaban J connectivity index is 1.59. The van der Waals surface area contributed by atoms with Crippen LogP contribution in [0.5, 0.6) is 5.75 Å². The van der Waals surface area contributed by atoms with E-state index in [2.05, 4.69) is 15.3 Å². The maximum Gasteiger partial charge on any atom is 0.326 e. The highest BCUT2D eigenvalue weighted by atomic mass is 16.5. The summed E-state index contributed by atoms with van der Waals surface area (Å²) in [7, 11) is 1.58. The van der Waals surface area contributed by atoms with Gasteiger partial charge in [-0.2, -0.15) is 5.10 Å². The molecule has 2 aromatic carbocycles. The van der Waals surface area contributed by atoms with E-state index in [-0.39, 0.29) is 12.1 Å². The van der Waals surface area contributed by atoms with Crippen molar-refractivity contribution in [3.63, 3.8) is 0 Å². The Hall–Kier alpha value is -3.43. The largest absolute Gasteiger partial charge is 0.494 e. The molecule has 9 nitrogen and oxygen atoms in total. The second-order valence-electron chi connectivity index (χ2n) is 7.94. The number of aromatic nitrogens is 2. The summed E-state index contributed by atoms with van der Waals surface area (Å²) in [5.74, 6) is -1.01. The van der Waals surface area contributed by atoms with Gasteiger partial charge in [0.25, 0.3) is 5.91 Å². The van der Waals surface area contributed by atoms with Crippen molar-refractivity contribution in [1.29, 1.82) is 0 Å². The van der Waals surface area contributed by atoms with Crippen LogP contribution in [0.25, 0.3) is 10.9 Å². The highest BCUT2D eigenvalue weighted by Crippen LogP contribution is 2.28. The highest BCUT2D eigenvalue weighted by molar-refractivity contribution is 6.07. The molecule has 0 spiro atoms. The number of para-hydroxylation sites is 1. The number of carboxylic acids is 1. The lowest BCUT2D eigenvalue weighted by molar-refractivity contribution is -0.139. The predicted octanol–water partition coefficient (Wildman–Crippen LogP) is 1.80. The van der Waals surface area contributed by atoms with Gasteiger partial charge in [-0.05, 0) is 11.6 Å². The zero-order valence-corrected chi connectivity index (χ0v) is 18.6. The third kappa shape index (κ3) is 5.32. The lowest BCUT2D eigenvalue weighted by atomic mass is 10.1. The van der Waals surface area contributed by atoms with E-state index in [9.17, 15) is 14.7 Å². The summed E-state index contributed by atoms with van der Waals surface area (Å²) in [5.41, 5.74) is 1.73. The average molecular weight is 453 g/mol. The van der Waals surface area contributed by atoms with Crippen molar-refractivity contribution in [3.8, 4) is 5.75 Å². The number of ether oxygens (including phenoxy) is 2. The topological polar surface area (TPSA) is 106 Å². The van der Waals surface area contributed by atoms with Crippen LogP contribution in [0.4, 0.5) is 0 Å². The Labute approximate surface area is 191 Å². The molecular formula is C24H28N4O5. The molecular weight excluding hydrogens is 424 g/mol. The van der Waals surface area contributed by atoms with Crippen LogP contribution in [0, 0.1) is 0 Å². The van der Waals surface area contributed by atoms with Crippen molar-refractivity contribution in [2.45, 2.75) is 19.0 Å². The number of rotatable bonds is 9. The van der Waals surface area contributed by atoms with Gasteiger partial charge in [0, 0.05) is 31.4 Å². The minimum atomic E-state index is -1.10. The summed E-state index contributed by atoms with van der Waals surface area (Å²) >= 11 is 0. The Morgan fingerprint density at radius 3 is 2.58 bits per heavy atom. The molecule has 0 bridgehead atoms. The number of nitrogens with zero attached hydrogens (tertiary/aromatic N) is 3. The van der Waals surface area contributed by atoms with Gasteiger partial charge in [0.15, 0.2) is 5.69 Å². The molecule has 0 aliphatic carbocycles. The first-order valence-electron chi connectivity index (χ1n) is 11.0. The highest BCUT2D eigenvalue weighted by Gasteiger charge is 2.26. The van der Waals surface area contributed by atoms with Crippen LogP contribution in [-0.4, -0.2) is 77.7 Å². The van der Waals surface area contributed by atoms with Gasteiger partial charge in [-0.25, -0.2) is 4.79 Å². The Morgan fingerprint density at radius 2 is 1.88 bits per heavy atom. The molecule has 3 aromatic rings. The van der Waals surface area contributed by atoms with Gasteiger partial charge < -0.3 is 19.9 Å². The Morgan fingerprint density at radius 1 is 1.12 bits per heavy atom. The summed E-state index contributed by atoms with van der Waals surface area (Å²) in [4.78, 5) is 27.3. The maximum absolute atomic E-state index is 13.2. The Kier molecular flexibility index (Phi) is 7.21. The maximum atomic E-state index is 13.2. The molecule has 2 N–H and O–H groups in total. The number of hydrogen-bond donors (Lipinski definition) is 2. The van der Waals surface area contributed by atoms with E-state index < -0.39 is 17.9 Å². The number of nitrogens with one attached hydrogen (secondary N) is 1. The molecule has 1 aliphatic rings. The van der Waals surface area contributed by atoms with Crippen molar-refractivity contribution in [1.82, 2.24) is 20.0 Å². The summed E-state index contributed by atoms with van der Waals surface area (Å²) in [5, 5.41) is 17.5. The first-order valence-corrected chi connectivity index (χ1v) is 11.0. The fraction of sp³-hybridized carbons (Fsp3) is 0.375. The van der Waals surface area contributed by atoms with Gasteiger partial charge in [-0.15, -0.1) is 0 Å². The van der Waals surface area contributed by atoms with Crippen molar-refractivity contribution < 1.29 is 24.2 Å². The number of morpholine rings is 1. The molecule has 4 rings (SSSR count). The molecule has 2 heterocycles. The van der Waals surface area contributed by atoms with Crippen LogP contribution < -0.4 is 10.1 Å². The number of benzene rings is 2. The molecule has 0 unspecified atom stereocenters. The van der Waals surface area contributed by atoms with Crippen LogP contribution in [0.3, 0.4) is 0 Å². The quantitative estimate of drug-likeness (QED) is 0.510. The van der Waals surface area contributed by atoms with E-state index in [4.69, 9.17) is 9.47 Å². The zero-order chi connectivity index (χ0) is 23.2. The summed E-state index contributed by atoms with van der Waals surface area (Å²) in [6.45, 7) is 4.43. The molecule has 33 heavy (non-hydrogen) atoms. The van der Waals surface area contributed by atoms with Crippen LogP contribution in [0.15, 0.2) is 48.5 Å².